The van der Waals surface area contributed by atoms with Crippen LogP contribution in [-0.2, 0) is 0 Å². The van der Waals surface area contributed by atoms with Gasteiger partial charge in [-0.15, -0.1) is 0 Å². The van der Waals surface area contributed by atoms with E-state index in [-0.39, 0.29) is 17.2 Å². The third-order valence-corrected chi connectivity index (χ3v) is 3.07. The molecule has 1 amide bonds. The Kier molecular flexibility index (Phi) is 4.10. The van der Waals surface area contributed by atoms with Gasteiger partial charge in [0.1, 0.15) is 0 Å². The molecular formula is C13H9IN2O3. The molecule has 0 spiro atoms. The Morgan fingerprint density at radius 2 is 1.89 bits per heavy atom. The van der Waals surface area contributed by atoms with Crippen LogP contribution < -0.4 is 5.32 Å². The number of nitrogens with zero attached hydrogens (tertiary/aromatic N) is 1. The lowest BCUT2D eigenvalue weighted by Gasteiger charge is -2.05. The van der Waals surface area contributed by atoms with Gasteiger partial charge in [-0.25, -0.2) is 0 Å². The highest BCUT2D eigenvalue weighted by molar-refractivity contribution is 14.1. The highest BCUT2D eigenvalue weighted by Gasteiger charge is 2.11. The molecule has 0 unspecified atom stereocenters. The van der Waals surface area contributed by atoms with Gasteiger partial charge in [0.15, 0.2) is 0 Å². The lowest BCUT2D eigenvalue weighted by atomic mass is 10.2. The van der Waals surface area contributed by atoms with Crippen LogP contribution >= 0.6 is 22.6 Å². The van der Waals surface area contributed by atoms with Gasteiger partial charge in [-0.1, -0.05) is 12.1 Å². The maximum absolute atomic E-state index is 12.0. The van der Waals surface area contributed by atoms with Crippen molar-refractivity contribution in [1.29, 1.82) is 0 Å². The summed E-state index contributed by atoms with van der Waals surface area (Å²) in [6.07, 6.45) is 0. The van der Waals surface area contributed by atoms with Crippen molar-refractivity contribution in [2.45, 2.75) is 0 Å². The van der Waals surface area contributed by atoms with Crippen molar-refractivity contribution >= 4 is 39.9 Å². The molecule has 0 heterocycles. The molecule has 0 aliphatic carbocycles. The Labute approximate surface area is 122 Å². The van der Waals surface area contributed by atoms with E-state index in [0.29, 0.717) is 5.69 Å². The number of nitro benzene ring substituents is 1. The highest BCUT2D eigenvalue weighted by atomic mass is 127. The minimum atomic E-state index is -0.526. The van der Waals surface area contributed by atoms with Crippen molar-refractivity contribution in [2.24, 2.45) is 0 Å². The van der Waals surface area contributed by atoms with Crippen LogP contribution in [0, 0.1) is 13.7 Å². The summed E-state index contributed by atoms with van der Waals surface area (Å²) in [6, 6.07) is 12.9. The molecule has 0 aliphatic rings. The molecule has 0 bridgehead atoms. The average molecular weight is 368 g/mol. The van der Waals surface area contributed by atoms with E-state index in [1.807, 2.05) is 18.2 Å². The van der Waals surface area contributed by atoms with E-state index in [1.165, 1.54) is 24.3 Å². The summed E-state index contributed by atoms with van der Waals surface area (Å²) >= 11 is 2.14. The van der Waals surface area contributed by atoms with Gasteiger partial charge in [-0.2, -0.15) is 0 Å². The van der Waals surface area contributed by atoms with Crippen LogP contribution in [0.3, 0.4) is 0 Å². The molecule has 96 valence electrons. The summed E-state index contributed by atoms with van der Waals surface area (Å²) < 4.78 is 0.995. The van der Waals surface area contributed by atoms with Gasteiger partial charge in [0.05, 0.1) is 4.92 Å². The number of amides is 1. The molecule has 1 N–H and O–H groups in total. The van der Waals surface area contributed by atoms with Crippen LogP contribution in [-0.4, -0.2) is 10.8 Å². The molecule has 0 saturated carbocycles. The number of rotatable bonds is 3. The summed E-state index contributed by atoms with van der Waals surface area (Å²) in [5, 5.41) is 13.4. The predicted octanol–water partition coefficient (Wildman–Crippen LogP) is 3.45. The van der Waals surface area contributed by atoms with E-state index >= 15 is 0 Å². The molecule has 0 aromatic heterocycles. The first-order chi connectivity index (χ1) is 9.06. The van der Waals surface area contributed by atoms with Crippen LogP contribution in [0.1, 0.15) is 10.4 Å². The van der Waals surface area contributed by atoms with Gasteiger partial charge >= 0.3 is 0 Å². The first-order valence-electron chi connectivity index (χ1n) is 5.37. The van der Waals surface area contributed by atoms with E-state index in [4.69, 9.17) is 0 Å². The van der Waals surface area contributed by atoms with Gasteiger partial charge in [0.2, 0.25) is 0 Å². The van der Waals surface area contributed by atoms with Crippen molar-refractivity contribution in [3.8, 4) is 0 Å². The highest BCUT2D eigenvalue weighted by Crippen LogP contribution is 2.16. The third kappa shape index (κ3) is 3.50. The molecule has 0 radical (unpaired) electrons. The SMILES string of the molecule is O=C(Nc1cccc(I)c1)c1cccc([N+](=O)[O-])c1. The molecular weight excluding hydrogens is 359 g/mol. The normalized spacial score (nSPS) is 9.95. The first-order valence-corrected chi connectivity index (χ1v) is 6.45. The second kappa shape index (κ2) is 5.79. The molecule has 0 fully saturated rings. The number of benzene rings is 2. The quantitative estimate of drug-likeness (QED) is 0.513. The number of halogens is 1. The standard InChI is InChI=1S/C13H9IN2O3/c14-10-4-2-5-11(8-10)15-13(17)9-3-1-6-12(7-9)16(18)19/h1-8H,(H,15,17). The maximum Gasteiger partial charge on any atom is 0.270 e. The fraction of sp³-hybridized carbons (Fsp3) is 0. The smallest absolute Gasteiger partial charge is 0.270 e. The maximum atomic E-state index is 12.0. The van der Waals surface area contributed by atoms with Crippen molar-refractivity contribution in [1.82, 2.24) is 0 Å². The second-order valence-corrected chi connectivity index (χ2v) is 5.02. The van der Waals surface area contributed by atoms with Crippen LogP contribution in [0.5, 0.6) is 0 Å². The molecule has 6 heteroatoms. The summed E-state index contributed by atoms with van der Waals surface area (Å²) in [4.78, 5) is 22.1. The van der Waals surface area contributed by atoms with Crippen molar-refractivity contribution in [3.63, 3.8) is 0 Å². The number of non-ortho nitro benzene ring substituents is 1. The fourth-order valence-electron chi connectivity index (χ4n) is 1.53. The number of hydrogen-bond donors (Lipinski definition) is 1. The number of hydrogen-bond acceptors (Lipinski definition) is 3. The average Bonchev–Trinajstić information content (AvgIpc) is 2.39. The van der Waals surface area contributed by atoms with Crippen LogP contribution in [0.25, 0.3) is 0 Å². The molecule has 19 heavy (non-hydrogen) atoms. The number of nitro groups is 1. The van der Waals surface area contributed by atoms with E-state index in [1.54, 1.807) is 6.07 Å². The zero-order valence-electron chi connectivity index (χ0n) is 9.67. The van der Waals surface area contributed by atoms with Crippen molar-refractivity contribution in [2.75, 3.05) is 5.32 Å². The second-order valence-electron chi connectivity index (χ2n) is 3.77. The fourth-order valence-corrected chi connectivity index (χ4v) is 2.07. The first kappa shape index (κ1) is 13.5. The minimum absolute atomic E-state index is 0.102. The van der Waals surface area contributed by atoms with Crippen LogP contribution in [0.4, 0.5) is 11.4 Å². The van der Waals surface area contributed by atoms with E-state index in [9.17, 15) is 14.9 Å². The minimum Gasteiger partial charge on any atom is -0.322 e. The van der Waals surface area contributed by atoms with Crippen molar-refractivity contribution < 1.29 is 9.72 Å². The number of carbonyl (C=O) groups is 1. The lowest BCUT2D eigenvalue weighted by Crippen LogP contribution is -2.12. The summed E-state index contributed by atoms with van der Waals surface area (Å²) in [5.74, 6) is -0.370. The summed E-state index contributed by atoms with van der Waals surface area (Å²) in [5.41, 5.74) is 0.812. The number of carbonyl (C=O) groups excluding carboxylic acids is 1. The third-order valence-electron chi connectivity index (χ3n) is 2.40. The predicted molar refractivity (Wildman–Crippen MR) is 80.2 cm³/mol. The Morgan fingerprint density at radius 3 is 2.58 bits per heavy atom. The van der Waals surface area contributed by atoms with E-state index in [0.717, 1.165) is 3.57 Å². The van der Waals surface area contributed by atoms with E-state index < -0.39 is 4.92 Å². The summed E-state index contributed by atoms with van der Waals surface area (Å²) in [6.45, 7) is 0. The Bertz CT molecular complexity index is 643. The van der Waals surface area contributed by atoms with Gasteiger partial charge in [-0.05, 0) is 46.9 Å². The van der Waals surface area contributed by atoms with Gasteiger partial charge < -0.3 is 5.32 Å². The van der Waals surface area contributed by atoms with Crippen LogP contribution in [0.15, 0.2) is 48.5 Å². The van der Waals surface area contributed by atoms with Gasteiger partial charge in [-0.3, -0.25) is 14.9 Å². The molecule has 2 aromatic carbocycles. The summed E-state index contributed by atoms with van der Waals surface area (Å²) in [7, 11) is 0. The number of nitrogens with one attached hydrogen (secondary N) is 1. The van der Waals surface area contributed by atoms with Gasteiger partial charge in [0, 0.05) is 27.0 Å². The molecule has 5 nitrogen and oxygen atoms in total. The molecule has 0 aliphatic heterocycles. The largest absolute Gasteiger partial charge is 0.322 e. The van der Waals surface area contributed by atoms with E-state index in [2.05, 4.69) is 27.9 Å². The molecule has 0 atom stereocenters. The topological polar surface area (TPSA) is 72.2 Å². The monoisotopic (exact) mass is 368 g/mol. The Morgan fingerprint density at radius 1 is 1.16 bits per heavy atom. The molecule has 2 rings (SSSR count). The van der Waals surface area contributed by atoms with Crippen LogP contribution in [0.2, 0.25) is 0 Å². The lowest BCUT2D eigenvalue weighted by molar-refractivity contribution is -0.384. The Hall–Kier alpha value is -1.96. The molecule has 2 aromatic rings. The number of anilines is 1. The zero-order chi connectivity index (χ0) is 13.8. The van der Waals surface area contributed by atoms with Crippen molar-refractivity contribution in [3.05, 3.63) is 67.8 Å². The molecule has 0 saturated heterocycles. The zero-order valence-corrected chi connectivity index (χ0v) is 11.8. The Balaban J connectivity index is 2.20. The van der Waals surface area contributed by atoms with Gasteiger partial charge in [0.25, 0.3) is 11.6 Å².